The molecule has 10 aromatic carbocycles. The highest BCUT2D eigenvalue weighted by Gasteiger charge is 2.70. The quantitative estimate of drug-likeness (QED) is 0.148. The SMILES string of the molecule is c1ccc(-c2ccc(N(c3ccc(-c4ccc(-c5ccccc5)c5c4C4c6ccccc6C46c4ccccc4C56)cc3)c3ccccc3-c3cccc(-c4ccccc4)c3)cc2)cc1. The van der Waals surface area contributed by atoms with Gasteiger partial charge in [0, 0.05) is 34.2 Å². The Morgan fingerprint density at radius 1 is 0.281 bits per heavy atom. The fourth-order valence-corrected chi connectivity index (χ4v) is 11.7. The van der Waals surface area contributed by atoms with E-state index in [1.54, 1.807) is 0 Å². The summed E-state index contributed by atoms with van der Waals surface area (Å²) in [6, 6.07) is 91.9. The van der Waals surface area contributed by atoms with Gasteiger partial charge in [-0.25, -0.2) is 0 Å². The molecule has 0 heterocycles. The zero-order valence-electron chi connectivity index (χ0n) is 35.3. The van der Waals surface area contributed by atoms with Gasteiger partial charge >= 0.3 is 0 Å². The number of hydrogen-bond donors (Lipinski definition) is 0. The molecule has 3 unspecified atom stereocenters. The average molecular weight is 814 g/mol. The number of benzene rings is 10. The second-order valence-electron chi connectivity index (χ2n) is 17.5. The molecule has 3 aliphatic carbocycles. The molecule has 0 N–H and O–H groups in total. The standard InChI is InChI=1S/C63H43N/c1-4-17-42(18-5-1)44-31-35-49(36-32-44)64(58-30-15-12-25-51(58)48-24-16-23-47(41-48)43-19-6-2-7-20-43)50-37-33-46(34-38-50)53-40-39-52(45-21-8-3-9-22-45)59-60(53)62-55-27-11-14-29-57(55)63(62)56-28-13-10-26-54(56)61(59)63/h1-41,61-62H. The van der Waals surface area contributed by atoms with Crippen LogP contribution in [0.5, 0.6) is 0 Å². The van der Waals surface area contributed by atoms with Crippen LogP contribution >= 0.6 is 0 Å². The number of fused-ring (bicyclic) bond motifs is 7. The summed E-state index contributed by atoms with van der Waals surface area (Å²) < 4.78 is 0. The minimum atomic E-state index is -0.0284. The van der Waals surface area contributed by atoms with Gasteiger partial charge < -0.3 is 4.90 Å². The topological polar surface area (TPSA) is 3.24 Å². The highest BCUT2D eigenvalue weighted by atomic mass is 15.1. The van der Waals surface area contributed by atoms with Gasteiger partial charge in [-0.05, 0) is 120 Å². The Morgan fingerprint density at radius 3 is 1.27 bits per heavy atom. The van der Waals surface area contributed by atoms with Gasteiger partial charge in [0.05, 0.1) is 5.69 Å². The van der Waals surface area contributed by atoms with Gasteiger partial charge in [-0.3, -0.25) is 0 Å². The second-order valence-corrected chi connectivity index (χ2v) is 17.5. The molecule has 0 fully saturated rings. The molecule has 64 heavy (non-hydrogen) atoms. The zero-order chi connectivity index (χ0) is 42.2. The monoisotopic (exact) mass is 813 g/mol. The molecule has 3 atom stereocenters. The summed E-state index contributed by atoms with van der Waals surface area (Å²) in [7, 11) is 0. The lowest BCUT2D eigenvalue weighted by Crippen LogP contribution is -2.52. The summed E-state index contributed by atoms with van der Waals surface area (Å²) in [6.07, 6.45) is 0. The highest BCUT2D eigenvalue weighted by molar-refractivity contribution is 5.93. The normalized spacial score (nSPS) is 17.1. The van der Waals surface area contributed by atoms with Crippen molar-refractivity contribution in [3.8, 4) is 55.6 Å². The Hall–Kier alpha value is -8.00. The van der Waals surface area contributed by atoms with Crippen LogP contribution in [0.4, 0.5) is 17.1 Å². The van der Waals surface area contributed by atoms with Crippen LogP contribution in [-0.2, 0) is 5.41 Å². The van der Waals surface area contributed by atoms with E-state index in [-0.39, 0.29) is 5.41 Å². The van der Waals surface area contributed by atoms with E-state index in [4.69, 9.17) is 0 Å². The smallest absolute Gasteiger partial charge is 0.0540 e. The molecule has 0 aliphatic heterocycles. The van der Waals surface area contributed by atoms with Crippen LogP contribution in [0.25, 0.3) is 55.6 Å². The summed E-state index contributed by atoms with van der Waals surface area (Å²) in [4.78, 5) is 2.43. The van der Waals surface area contributed by atoms with Gasteiger partial charge in [-0.2, -0.15) is 0 Å². The molecular formula is C63H43N. The van der Waals surface area contributed by atoms with Crippen LogP contribution < -0.4 is 4.90 Å². The zero-order valence-corrected chi connectivity index (χ0v) is 35.3. The van der Waals surface area contributed by atoms with Gasteiger partial charge in [0.1, 0.15) is 0 Å². The van der Waals surface area contributed by atoms with E-state index < -0.39 is 0 Å². The maximum absolute atomic E-state index is 2.43. The minimum absolute atomic E-state index is 0.0284. The molecule has 1 spiro atoms. The van der Waals surface area contributed by atoms with Crippen molar-refractivity contribution >= 4 is 17.1 Å². The maximum atomic E-state index is 2.43. The molecule has 0 amide bonds. The largest absolute Gasteiger partial charge is 0.310 e. The first-order chi connectivity index (χ1) is 31.8. The minimum Gasteiger partial charge on any atom is -0.310 e. The molecule has 1 heteroatoms. The molecule has 300 valence electrons. The first-order valence-corrected chi connectivity index (χ1v) is 22.5. The van der Waals surface area contributed by atoms with Crippen LogP contribution in [0.15, 0.2) is 249 Å². The van der Waals surface area contributed by atoms with E-state index in [0.29, 0.717) is 11.8 Å². The van der Waals surface area contributed by atoms with Crippen LogP contribution in [0.3, 0.4) is 0 Å². The lowest BCUT2D eigenvalue weighted by molar-refractivity contribution is 0.333. The van der Waals surface area contributed by atoms with Crippen molar-refractivity contribution < 1.29 is 0 Å². The summed E-state index contributed by atoms with van der Waals surface area (Å²) in [6.45, 7) is 0. The van der Waals surface area contributed by atoms with E-state index in [9.17, 15) is 0 Å². The van der Waals surface area contributed by atoms with Crippen LogP contribution in [0.2, 0.25) is 0 Å². The fourth-order valence-electron chi connectivity index (χ4n) is 11.7. The first kappa shape index (κ1) is 36.6. The third kappa shape index (κ3) is 5.37. The van der Waals surface area contributed by atoms with E-state index in [0.717, 1.165) is 17.1 Å². The molecule has 0 bridgehead atoms. The molecule has 13 rings (SSSR count). The van der Waals surface area contributed by atoms with Crippen molar-refractivity contribution in [1.82, 2.24) is 0 Å². The van der Waals surface area contributed by atoms with Gasteiger partial charge in [0.25, 0.3) is 0 Å². The number of hydrogen-bond acceptors (Lipinski definition) is 1. The lowest BCUT2D eigenvalue weighted by Gasteiger charge is -2.58. The molecule has 0 saturated carbocycles. The van der Waals surface area contributed by atoms with Crippen molar-refractivity contribution in [3.63, 3.8) is 0 Å². The summed E-state index contributed by atoms with van der Waals surface area (Å²) in [5.74, 6) is 0.620. The van der Waals surface area contributed by atoms with Crippen molar-refractivity contribution in [2.24, 2.45) is 0 Å². The predicted octanol–water partition coefficient (Wildman–Crippen LogP) is 16.4. The Morgan fingerprint density at radius 2 is 0.688 bits per heavy atom. The molecule has 1 nitrogen and oxygen atoms in total. The number of anilines is 3. The van der Waals surface area contributed by atoms with Crippen molar-refractivity contribution in [3.05, 3.63) is 282 Å². The van der Waals surface area contributed by atoms with E-state index in [2.05, 4.69) is 254 Å². The Kier molecular flexibility index (Phi) is 8.33. The number of para-hydroxylation sites is 1. The lowest BCUT2D eigenvalue weighted by atomic mass is 9.43. The van der Waals surface area contributed by atoms with Crippen LogP contribution in [-0.4, -0.2) is 0 Å². The molecule has 0 saturated heterocycles. The molecule has 0 aromatic heterocycles. The summed E-state index contributed by atoms with van der Waals surface area (Å²) in [5, 5.41) is 0. The van der Waals surface area contributed by atoms with Crippen LogP contribution in [0.1, 0.15) is 45.2 Å². The van der Waals surface area contributed by atoms with Crippen LogP contribution in [0, 0.1) is 0 Å². The Balaban J connectivity index is 0.966. The molecule has 0 radical (unpaired) electrons. The molecule has 3 aliphatic rings. The average Bonchev–Trinajstić information content (AvgIpc) is 3.59. The van der Waals surface area contributed by atoms with Gasteiger partial charge in [-0.15, -0.1) is 0 Å². The Labute approximate surface area is 375 Å². The van der Waals surface area contributed by atoms with Gasteiger partial charge in [0.2, 0.25) is 0 Å². The van der Waals surface area contributed by atoms with E-state index >= 15 is 0 Å². The summed E-state index contributed by atoms with van der Waals surface area (Å²) in [5.41, 5.74) is 24.7. The summed E-state index contributed by atoms with van der Waals surface area (Å²) >= 11 is 0. The van der Waals surface area contributed by atoms with Crippen molar-refractivity contribution in [1.29, 1.82) is 0 Å². The third-order valence-corrected chi connectivity index (χ3v) is 14.4. The highest BCUT2D eigenvalue weighted by Crippen LogP contribution is 2.78. The predicted molar refractivity (Wildman–Crippen MR) is 266 cm³/mol. The van der Waals surface area contributed by atoms with Crippen molar-refractivity contribution in [2.75, 3.05) is 4.90 Å². The molecule has 10 aromatic rings. The third-order valence-electron chi connectivity index (χ3n) is 14.4. The van der Waals surface area contributed by atoms with Crippen molar-refractivity contribution in [2.45, 2.75) is 17.3 Å². The van der Waals surface area contributed by atoms with Gasteiger partial charge in [-0.1, -0.05) is 212 Å². The van der Waals surface area contributed by atoms with E-state index in [1.807, 2.05) is 0 Å². The van der Waals surface area contributed by atoms with E-state index in [1.165, 1.54) is 89.0 Å². The van der Waals surface area contributed by atoms with Gasteiger partial charge in [0.15, 0.2) is 0 Å². The fraction of sp³-hybridized carbons (Fsp3) is 0.0476. The maximum Gasteiger partial charge on any atom is 0.0540 e. The first-order valence-electron chi connectivity index (χ1n) is 22.5. The second kappa shape index (κ2) is 14.5. The number of rotatable bonds is 8. The molecular weight excluding hydrogens is 771 g/mol. The Bertz CT molecular complexity index is 3370. The number of nitrogens with zero attached hydrogens (tertiary/aromatic N) is 1.